The fourth-order valence-corrected chi connectivity index (χ4v) is 5.05. The number of carbonyl (C=O) groups excluding carboxylic acids is 1. The van der Waals surface area contributed by atoms with Crippen LogP contribution in [-0.2, 0) is 4.79 Å². The molecule has 2 aromatic carbocycles. The molecule has 1 amide bonds. The number of thioether (sulfide) groups is 1. The molecule has 0 N–H and O–H groups in total. The van der Waals surface area contributed by atoms with Gasteiger partial charge >= 0.3 is 0 Å². The van der Waals surface area contributed by atoms with Crippen LogP contribution >= 0.6 is 24.0 Å². The van der Waals surface area contributed by atoms with Gasteiger partial charge in [-0.25, -0.2) is 4.68 Å². The molecular weight excluding hydrogens is 474 g/mol. The van der Waals surface area contributed by atoms with Crippen molar-refractivity contribution >= 4 is 40.3 Å². The highest BCUT2D eigenvalue weighted by Gasteiger charge is 2.31. The number of thiocarbonyl (C=S) groups is 1. The van der Waals surface area contributed by atoms with Gasteiger partial charge in [-0.1, -0.05) is 74.4 Å². The smallest absolute Gasteiger partial charge is 0.266 e. The molecule has 35 heavy (non-hydrogen) atoms. The minimum atomic E-state index is -0.106. The summed E-state index contributed by atoms with van der Waals surface area (Å²) >= 11 is 6.71. The molecule has 1 aliphatic heterocycles. The van der Waals surface area contributed by atoms with Crippen molar-refractivity contribution in [3.8, 4) is 22.7 Å². The topological polar surface area (TPSA) is 47.4 Å². The van der Waals surface area contributed by atoms with Crippen molar-refractivity contribution in [3.63, 3.8) is 0 Å². The Hall–Kier alpha value is -3.16. The summed E-state index contributed by atoms with van der Waals surface area (Å²) in [6.07, 6.45) is 10.2. The number of aromatic nitrogens is 2. The van der Waals surface area contributed by atoms with Crippen LogP contribution in [0.15, 0.2) is 78.4 Å². The van der Waals surface area contributed by atoms with E-state index in [0.717, 1.165) is 41.3 Å². The van der Waals surface area contributed by atoms with E-state index in [1.807, 2.05) is 71.6 Å². The molecule has 3 aromatic rings. The number of amides is 1. The van der Waals surface area contributed by atoms with Crippen molar-refractivity contribution in [1.29, 1.82) is 0 Å². The maximum Gasteiger partial charge on any atom is 0.266 e. The Kier molecular flexibility index (Phi) is 8.55. The number of unbranched alkanes of at least 4 members (excludes halogenated alkanes) is 3. The Morgan fingerprint density at radius 1 is 1.09 bits per heavy atom. The third kappa shape index (κ3) is 6.10. The summed E-state index contributed by atoms with van der Waals surface area (Å²) in [6, 6.07) is 17.9. The predicted octanol–water partition coefficient (Wildman–Crippen LogP) is 6.89. The average molecular weight is 504 g/mol. The van der Waals surface area contributed by atoms with Crippen molar-refractivity contribution in [3.05, 3.63) is 83.9 Å². The Bertz CT molecular complexity index is 1220. The molecule has 1 aliphatic rings. The summed E-state index contributed by atoms with van der Waals surface area (Å²) in [5.41, 5.74) is 3.53. The van der Waals surface area contributed by atoms with Gasteiger partial charge < -0.3 is 4.74 Å². The number of rotatable bonds is 11. The molecule has 0 aliphatic carbocycles. The van der Waals surface area contributed by atoms with E-state index < -0.39 is 0 Å². The van der Waals surface area contributed by atoms with E-state index >= 15 is 0 Å². The summed E-state index contributed by atoms with van der Waals surface area (Å²) < 4.78 is 8.28. The Labute approximate surface area is 216 Å². The zero-order valence-electron chi connectivity index (χ0n) is 19.9. The third-order valence-corrected chi connectivity index (χ3v) is 7.01. The van der Waals surface area contributed by atoms with E-state index in [1.54, 1.807) is 11.0 Å². The second kappa shape index (κ2) is 12.0. The molecule has 0 atom stereocenters. The first-order valence-corrected chi connectivity index (χ1v) is 13.1. The summed E-state index contributed by atoms with van der Waals surface area (Å²) in [5.74, 6) is 0.740. The summed E-state index contributed by atoms with van der Waals surface area (Å²) in [7, 11) is 0. The molecule has 0 radical (unpaired) electrons. The highest BCUT2D eigenvalue weighted by atomic mass is 32.2. The fraction of sp³-hybridized carbons (Fsp3) is 0.250. The van der Waals surface area contributed by atoms with Gasteiger partial charge in [0.05, 0.1) is 22.9 Å². The van der Waals surface area contributed by atoms with Gasteiger partial charge in [-0.3, -0.25) is 9.69 Å². The van der Waals surface area contributed by atoms with Crippen molar-refractivity contribution in [1.82, 2.24) is 14.7 Å². The van der Waals surface area contributed by atoms with Crippen LogP contribution in [0.3, 0.4) is 0 Å². The molecule has 1 aromatic heterocycles. The van der Waals surface area contributed by atoms with E-state index in [0.29, 0.717) is 15.8 Å². The van der Waals surface area contributed by atoms with Crippen LogP contribution in [0.5, 0.6) is 5.75 Å². The summed E-state index contributed by atoms with van der Waals surface area (Å²) in [5, 5.41) is 4.87. The molecule has 0 spiro atoms. The van der Waals surface area contributed by atoms with Gasteiger partial charge in [0.15, 0.2) is 0 Å². The van der Waals surface area contributed by atoms with E-state index in [9.17, 15) is 4.79 Å². The second-order valence-corrected chi connectivity index (χ2v) is 9.90. The lowest BCUT2D eigenvalue weighted by molar-refractivity contribution is -0.121. The number of benzene rings is 2. The lowest BCUT2D eigenvalue weighted by Crippen LogP contribution is -2.27. The van der Waals surface area contributed by atoms with E-state index in [2.05, 4.69) is 13.5 Å². The Morgan fingerprint density at radius 2 is 1.86 bits per heavy atom. The van der Waals surface area contributed by atoms with E-state index in [-0.39, 0.29) is 5.91 Å². The third-order valence-electron chi connectivity index (χ3n) is 5.63. The van der Waals surface area contributed by atoms with E-state index in [4.69, 9.17) is 22.1 Å². The molecule has 0 bridgehead atoms. The highest BCUT2D eigenvalue weighted by Crippen LogP contribution is 2.35. The van der Waals surface area contributed by atoms with Crippen molar-refractivity contribution in [2.45, 2.75) is 32.6 Å². The van der Waals surface area contributed by atoms with Crippen molar-refractivity contribution < 1.29 is 9.53 Å². The normalized spacial score (nSPS) is 14.7. The van der Waals surface area contributed by atoms with Gasteiger partial charge in [-0.2, -0.15) is 5.10 Å². The first-order chi connectivity index (χ1) is 17.1. The summed E-state index contributed by atoms with van der Waals surface area (Å²) in [4.78, 5) is 15.0. The van der Waals surface area contributed by atoms with Gasteiger partial charge in [0, 0.05) is 23.9 Å². The fourth-order valence-electron chi connectivity index (χ4n) is 3.79. The molecule has 7 heteroatoms. The number of carbonyl (C=O) groups is 1. The highest BCUT2D eigenvalue weighted by molar-refractivity contribution is 8.26. The first-order valence-electron chi connectivity index (χ1n) is 11.8. The summed E-state index contributed by atoms with van der Waals surface area (Å²) in [6.45, 7) is 7.05. The average Bonchev–Trinajstić information content (AvgIpc) is 3.41. The van der Waals surface area contributed by atoms with Gasteiger partial charge in [-0.05, 0) is 48.9 Å². The second-order valence-electron chi connectivity index (χ2n) is 8.23. The van der Waals surface area contributed by atoms with Gasteiger partial charge in [0.25, 0.3) is 5.91 Å². The lowest BCUT2D eigenvalue weighted by Gasteiger charge is -2.10. The van der Waals surface area contributed by atoms with Crippen LogP contribution in [-0.4, -0.2) is 38.1 Å². The minimum Gasteiger partial charge on any atom is -0.494 e. The number of para-hydroxylation sites is 1. The van der Waals surface area contributed by atoms with Crippen LogP contribution in [0.4, 0.5) is 0 Å². The standard InChI is InChI=1S/C28H29N3O2S2/c1-3-5-6-10-18-33-24-15-13-21(14-16-24)26-22(20-31(29-26)23-11-8-7-9-12-23)19-25-27(32)30(17-4-2)28(34)35-25/h4,7-9,11-16,19-20H,2-3,5-6,10,17-18H2,1H3. The molecule has 2 heterocycles. The number of hydrogen-bond donors (Lipinski definition) is 0. The van der Waals surface area contributed by atoms with Crippen LogP contribution < -0.4 is 4.74 Å². The molecule has 0 unspecified atom stereocenters. The number of nitrogens with zero attached hydrogens (tertiary/aromatic N) is 3. The Morgan fingerprint density at radius 3 is 2.57 bits per heavy atom. The van der Waals surface area contributed by atoms with Gasteiger partial charge in [0.1, 0.15) is 10.1 Å². The van der Waals surface area contributed by atoms with Crippen LogP contribution in [0, 0.1) is 0 Å². The molecule has 5 nitrogen and oxygen atoms in total. The largest absolute Gasteiger partial charge is 0.494 e. The lowest BCUT2D eigenvalue weighted by atomic mass is 10.1. The predicted molar refractivity (Wildman–Crippen MR) is 149 cm³/mol. The molecule has 180 valence electrons. The van der Waals surface area contributed by atoms with Gasteiger partial charge in [0.2, 0.25) is 0 Å². The molecular formula is C28H29N3O2S2. The zero-order valence-corrected chi connectivity index (χ0v) is 21.5. The molecule has 1 fully saturated rings. The van der Waals surface area contributed by atoms with Crippen molar-refractivity contribution in [2.24, 2.45) is 0 Å². The quantitative estimate of drug-likeness (QED) is 0.123. The van der Waals surface area contributed by atoms with Gasteiger partial charge in [-0.15, -0.1) is 6.58 Å². The number of ether oxygens (including phenoxy) is 1. The van der Waals surface area contributed by atoms with Crippen molar-refractivity contribution in [2.75, 3.05) is 13.2 Å². The Balaban J connectivity index is 1.62. The zero-order chi connectivity index (χ0) is 24.6. The van der Waals surface area contributed by atoms with Crippen LogP contribution in [0.2, 0.25) is 0 Å². The van der Waals surface area contributed by atoms with Crippen LogP contribution in [0.25, 0.3) is 23.0 Å². The first kappa shape index (κ1) is 24.9. The molecule has 1 saturated heterocycles. The molecule has 4 rings (SSSR count). The maximum absolute atomic E-state index is 12.9. The SMILES string of the molecule is C=CCN1C(=O)C(=Cc2cn(-c3ccccc3)nc2-c2ccc(OCCCCCC)cc2)SC1=S. The molecule has 0 saturated carbocycles. The minimum absolute atomic E-state index is 0.106. The maximum atomic E-state index is 12.9. The van der Waals surface area contributed by atoms with E-state index in [1.165, 1.54) is 31.0 Å². The van der Waals surface area contributed by atoms with Crippen LogP contribution in [0.1, 0.15) is 38.2 Å². The number of hydrogen-bond acceptors (Lipinski definition) is 5. The monoisotopic (exact) mass is 503 g/mol.